The first kappa shape index (κ1) is 8.07. The van der Waals surface area contributed by atoms with Crippen LogP contribution in [-0.4, -0.2) is 17.5 Å². The van der Waals surface area contributed by atoms with E-state index < -0.39 is 11.3 Å². The maximum Gasteiger partial charge on any atom is 0.261 e. The monoisotopic (exact) mass is 190 g/mol. The number of rotatable bonds is 2. The Hall–Kier alpha value is -0.550. The second-order valence-electron chi connectivity index (χ2n) is 3.03. The van der Waals surface area contributed by atoms with Crippen LogP contribution in [0.4, 0.5) is 8.78 Å². The summed E-state index contributed by atoms with van der Waals surface area (Å²) >= 11 is 1.25. The fraction of sp³-hybridized carbons (Fsp3) is 0.571. The van der Waals surface area contributed by atoms with Crippen molar-refractivity contribution in [2.75, 3.05) is 6.54 Å². The van der Waals surface area contributed by atoms with Gasteiger partial charge in [0.05, 0.1) is 10.9 Å². The maximum atomic E-state index is 12.9. The van der Waals surface area contributed by atoms with Crippen LogP contribution in [0.15, 0.2) is 11.7 Å². The van der Waals surface area contributed by atoms with Crippen molar-refractivity contribution in [2.24, 2.45) is 5.73 Å². The van der Waals surface area contributed by atoms with Gasteiger partial charge in [-0.05, 0) is 0 Å². The summed E-state index contributed by atoms with van der Waals surface area (Å²) in [6.45, 7) is 0.00218. The second-order valence-corrected chi connectivity index (χ2v) is 3.92. The Bertz CT molecular complexity index is 286. The van der Waals surface area contributed by atoms with E-state index in [0.29, 0.717) is 4.88 Å². The number of nitrogens with two attached hydrogens (primary N) is 1. The summed E-state index contributed by atoms with van der Waals surface area (Å²) in [6, 6.07) is 0. The third kappa shape index (κ3) is 0.834. The van der Waals surface area contributed by atoms with Gasteiger partial charge in [0.1, 0.15) is 0 Å². The molecular weight excluding hydrogens is 182 g/mol. The lowest BCUT2D eigenvalue weighted by Gasteiger charge is -2.09. The van der Waals surface area contributed by atoms with Gasteiger partial charge in [0.25, 0.3) is 5.92 Å². The number of thiazole rings is 1. The summed E-state index contributed by atoms with van der Waals surface area (Å²) in [4.78, 5) is 4.38. The van der Waals surface area contributed by atoms with Gasteiger partial charge >= 0.3 is 0 Å². The molecule has 1 fully saturated rings. The SMILES string of the molecule is NCC1(c2cncs2)CC1(F)F. The highest BCUT2D eigenvalue weighted by Crippen LogP contribution is 2.61. The molecule has 0 amide bonds. The molecule has 1 heterocycles. The Balaban J connectivity index is 2.34. The molecule has 1 atom stereocenters. The molecule has 0 spiro atoms. The van der Waals surface area contributed by atoms with Crippen LogP contribution in [0.25, 0.3) is 0 Å². The molecule has 66 valence electrons. The highest BCUT2D eigenvalue weighted by molar-refractivity contribution is 7.09. The Morgan fingerprint density at radius 1 is 1.67 bits per heavy atom. The molecule has 1 aromatic heterocycles. The summed E-state index contributed by atoms with van der Waals surface area (Å²) < 4.78 is 25.8. The first-order valence-corrected chi connectivity index (χ1v) is 4.47. The van der Waals surface area contributed by atoms with Crippen LogP contribution < -0.4 is 5.73 Å². The van der Waals surface area contributed by atoms with E-state index in [1.807, 2.05) is 0 Å². The van der Waals surface area contributed by atoms with E-state index in [1.165, 1.54) is 17.5 Å². The zero-order valence-corrected chi connectivity index (χ0v) is 7.07. The zero-order chi connectivity index (χ0) is 8.82. The van der Waals surface area contributed by atoms with E-state index in [1.54, 1.807) is 5.51 Å². The summed E-state index contributed by atoms with van der Waals surface area (Å²) in [7, 11) is 0. The van der Waals surface area contributed by atoms with Gasteiger partial charge < -0.3 is 5.73 Å². The quantitative estimate of drug-likeness (QED) is 0.765. The van der Waals surface area contributed by atoms with Crippen molar-refractivity contribution in [2.45, 2.75) is 17.8 Å². The van der Waals surface area contributed by atoms with Gasteiger partial charge in [-0.1, -0.05) is 0 Å². The van der Waals surface area contributed by atoms with E-state index in [0.717, 1.165) is 0 Å². The molecule has 0 saturated heterocycles. The molecule has 1 aromatic rings. The Morgan fingerprint density at radius 3 is 2.67 bits per heavy atom. The minimum absolute atomic E-state index is 0.00218. The number of aromatic nitrogens is 1. The van der Waals surface area contributed by atoms with Gasteiger partial charge in [-0.15, -0.1) is 11.3 Å². The largest absolute Gasteiger partial charge is 0.329 e. The van der Waals surface area contributed by atoms with Crippen LogP contribution in [0.3, 0.4) is 0 Å². The summed E-state index contributed by atoms with van der Waals surface area (Å²) in [6.07, 6.45) is 1.36. The smallest absolute Gasteiger partial charge is 0.261 e. The molecular formula is C7H8F2N2S. The molecule has 0 aliphatic heterocycles. The highest BCUT2D eigenvalue weighted by Gasteiger charge is 2.71. The topological polar surface area (TPSA) is 38.9 Å². The average molecular weight is 190 g/mol. The van der Waals surface area contributed by atoms with Crippen LogP contribution in [-0.2, 0) is 5.41 Å². The molecule has 1 aliphatic carbocycles. The molecule has 1 saturated carbocycles. The number of halogens is 2. The summed E-state index contributed by atoms with van der Waals surface area (Å²) in [5, 5.41) is 0. The van der Waals surface area contributed by atoms with Crippen molar-refractivity contribution in [1.82, 2.24) is 4.98 Å². The number of alkyl halides is 2. The number of hydrogen-bond acceptors (Lipinski definition) is 3. The van der Waals surface area contributed by atoms with Gasteiger partial charge in [0.15, 0.2) is 0 Å². The molecule has 5 heteroatoms. The molecule has 0 radical (unpaired) electrons. The van der Waals surface area contributed by atoms with Crippen LogP contribution >= 0.6 is 11.3 Å². The second kappa shape index (κ2) is 2.23. The Morgan fingerprint density at radius 2 is 2.33 bits per heavy atom. The first-order valence-electron chi connectivity index (χ1n) is 3.59. The highest BCUT2D eigenvalue weighted by atomic mass is 32.1. The van der Waals surface area contributed by atoms with Crippen LogP contribution in [0.2, 0.25) is 0 Å². The number of nitrogens with zero attached hydrogens (tertiary/aromatic N) is 1. The molecule has 2 N–H and O–H groups in total. The normalized spacial score (nSPS) is 31.9. The Labute approximate surface area is 72.4 Å². The van der Waals surface area contributed by atoms with Gasteiger partial charge in [0, 0.05) is 24.0 Å². The molecule has 12 heavy (non-hydrogen) atoms. The van der Waals surface area contributed by atoms with Crippen molar-refractivity contribution in [3.05, 3.63) is 16.6 Å². The molecule has 2 nitrogen and oxygen atoms in total. The molecule has 0 bridgehead atoms. The van der Waals surface area contributed by atoms with Crippen molar-refractivity contribution < 1.29 is 8.78 Å². The predicted molar refractivity (Wildman–Crippen MR) is 42.4 cm³/mol. The summed E-state index contributed by atoms with van der Waals surface area (Å²) in [5.74, 6) is -2.62. The molecule has 1 unspecified atom stereocenters. The van der Waals surface area contributed by atoms with Crippen LogP contribution in [0.5, 0.6) is 0 Å². The third-order valence-corrected chi connectivity index (χ3v) is 3.33. The minimum Gasteiger partial charge on any atom is -0.329 e. The van der Waals surface area contributed by atoms with E-state index in [-0.39, 0.29) is 13.0 Å². The van der Waals surface area contributed by atoms with Crippen LogP contribution in [0, 0.1) is 0 Å². The summed E-state index contributed by atoms with van der Waals surface area (Å²) in [5.41, 5.74) is 5.80. The van der Waals surface area contributed by atoms with E-state index in [9.17, 15) is 8.78 Å². The van der Waals surface area contributed by atoms with Gasteiger partial charge in [-0.3, -0.25) is 4.98 Å². The minimum atomic E-state index is -2.62. The Kier molecular flexibility index (Phi) is 1.50. The lowest BCUT2D eigenvalue weighted by Crippen LogP contribution is -2.25. The molecule has 2 rings (SSSR count). The average Bonchev–Trinajstić information content (AvgIpc) is 2.52. The van der Waals surface area contributed by atoms with Crippen molar-refractivity contribution in [1.29, 1.82) is 0 Å². The first-order chi connectivity index (χ1) is 5.62. The molecule has 1 aliphatic rings. The lowest BCUT2D eigenvalue weighted by atomic mass is 10.1. The van der Waals surface area contributed by atoms with E-state index >= 15 is 0 Å². The van der Waals surface area contributed by atoms with E-state index in [2.05, 4.69) is 4.98 Å². The lowest BCUT2D eigenvalue weighted by molar-refractivity contribution is 0.0904. The van der Waals surface area contributed by atoms with E-state index in [4.69, 9.17) is 5.73 Å². The zero-order valence-electron chi connectivity index (χ0n) is 6.26. The van der Waals surface area contributed by atoms with Gasteiger partial charge in [-0.2, -0.15) is 0 Å². The standard InChI is InChI=1S/C7H8F2N2S/c8-7(9)2-6(7,3-10)5-1-11-4-12-5/h1,4H,2-3,10H2. The number of hydrogen-bond donors (Lipinski definition) is 1. The van der Waals surface area contributed by atoms with Gasteiger partial charge in [-0.25, -0.2) is 8.78 Å². The predicted octanol–water partition coefficient (Wildman–Crippen LogP) is 1.38. The van der Waals surface area contributed by atoms with Gasteiger partial charge in [0.2, 0.25) is 0 Å². The van der Waals surface area contributed by atoms with Crippen molar-refractivity contribution in [3.63, 3.8) is 0 Å². The fourth-order valence-electron chi connectivity index (χ4n) is 1.38. The van der Waals surface area contributed by atoms with Crippen molar-refractivity contribution in [3.8, 4) is 0 Å². The molecule has 0 aromatic carbocycles. The fourth-order valence-corrected chi connectivity index (χ4v) is 2.26. The maximum absolute atomic E-state index is 12.9. The third-order valence-electron chi connectivity index (χ3n) is 2.35. The van der Waals surface area contributed by atoms with Crippen molar-refractivity contribution >= 4 is 11.3 Å². The van der Waals surface area contributed by atoms with Crippen LogP contribution in [0.1, 0.15) is 11.3 Å².